The van der Waals surface area contributed by atoms with Crippen LogP contribution in [0.25, 0.3) is 0 Å². The van der Waals surface area contributed by atoms with Crippen LogP contribution in [0.2, 0.25) is 0 Å². The van der Waals surface area contributed by atoms with Gasteiger partial charge in [-0.15, -0.1) is 0 Å². The predicted molar refractivity (Wildman–Crippen MR) is 83.8 cm³/mol. The molecule has 2 radical (unpaired) electrons. The van der Waals surface area contributed by atoms with E-state index in [0.717, 1.165) is 0 Å². The molecular weight excluding hydrogens is 419 g/mol. The van der Waals surface area contributed by atoms with Gasteiger partial charge in [-0.2, -0.15) is 36.4 Å². The van der Waals surface area contributed by atoms with Crippen LogP contribution in [-0.2, 0) is 47.3 Å². The molecule has 0 heterocycles. The first-order chi connectivity index (χ1) is 11.2. The molecule has 0 amide bonds. The predicted octanol–water partition coefficient (Wildman–Crippen LogP) is 1.85. The maximum absolute atomic E-state index is 9.02. The number of halogens is 1. The Morgan fingerprint density at radius 3 is 1.00 bits per heavy atom. The molecular formula is C15H12ClFe2O4Si-3. The summed E-state index contributed by atoms with van der Waals surface area (Å²) in [6.45, 7) is 3.28. The van der Waals surface area contributed by atoms with Crippen LogP contribution in [-0.4, -0.2) is 28.0 Å². The molecule has 0 aliphatic heterocycles. The Balaban J connectivity index is -0.000000220. The molecule has 2 aromatic rings. The van der Waals surface area contributed by atoms with Gasteiger partial charge in [0, 0.05) is 0 Å². The maximum Gasteiger partial charge on any atom is -0.0303 e. The topological polar surface area (TPSA) is 68.3 Å². The van der Waals surface area contributed by atoms with E-state index < -0.39 is 0 Å². The second kappa shape index (κ2) is 32.5. The minimum atomic E-state index is -0.222. The summed E-state index contributed by atoms with van der Waals surface area (Å²) in [6.07, 6.45) is 0. The molecule has 0 spiro atoms. The zero-order chi connectivity index (χ0) is 18.0. The normalized spacial score (nSPS) is 6.35. The zero-order valence-electron chi connectivity index (χ0n) is 11.7. The van der Waals surface area contributed by atoms with Gasteiger partial charge in [0.2, 0.25) is 0 Å². The Bertz CT molecular complexity index is 521. The first-order valence-corrected chi connectivity index (χ1v) is 9.83. The Hall–Kier alpha value is -1.43. The largest absolute Gasteiger partial charge is 0.333 e. The van der Waals surface area contributed by atoms with Crippen LogP contribution in [0, 0.1) is 6.55 Å². The van der Waals surface area contributed by atoms with Crippen molar-refractivity contribution in [2.75, 3.05) is 0 Å². The Kier molecular flexibility index (Phi) is 37.4. The fourth-order valence-corrected chi connectivity index (χ4v) is 0.763. The van der Waals surface area contributed by atoms with Crippen LogP contribution in [0.4, 0.5) is 0 Å². The SMILES string of the molecule is O=[C]=[Fe]=[C]=O.O=[C]=[Fe]=[C]=O.[CH2-][Si]Cl.c1cc[cH-]c1.c1cc[cH-]c1. The van der Waals surface area contributed by atoms with E-state index >= 15 is 0 Å². The minimum absolute atomic E-state index is 0.222. The van der Waals surface area contributed by atoms with Crippen LogP contribution in [0.1, 0.15) is 0 Å². The van der Waals surface area contributed by atoms with Gasteiger partial charge in [-0.25, -0.2) is 35.3 Å². The van der Waals surface area contributed by atoms with Gasteiger partial charge in [0.25, 0.3) is 0 Å². The fourth-order valence-electron chi connectivity index (χ4n) is 0.671. The van der Waals surface area contributed by atoms with E-state index in [0.29, 0.717) is 8.83 Å². The van der Waals surface area contributed by atoms with Gasteiger partial charge in [-0.3, -0.25) is 0 Å². The molecule has 23 heavy (non-hydrogen) atoms. The maximum atomic E-state index is 9.02. The third kappa shape index (κ3) is 44.9. The van der Waals surface area contributed by atoms with E-state index in [1.165, 1.54) is 19.1 Å². The van der Waals surface area contributed by atoms with Crippen molar-refractivity contribution in [3.8, 4) is 0 Å². The van der Waals surface area contributed by atoms with Gasteiger partial charge in [0.05, 0.1) is 0 Å². The third-order valence-electron chi connectivity index (χ3n) is 1.26. The van der Waals surface area contributed by atoms with Crippen molar-refractivity contribution in [1.29, 1.82) is 0 Å². The fraction of sp³-hybridized carbons (Fsp3) is 0. The molecule has 2 rings (SSSR count). The van der Waals surface area contributed by atoms with Crippen LogP contribution in [0.3, 0.4) is 0 Å². The summed E-state index contributed by atoms with van der Waals surface area (Å²) in [7, 11) is 0.306. The number of rotatable bonds is 0. The second-order valence-corrected chi connectivity index (χ2v) is 5.05. The smallest absolute Gasteiger partial charge is 0.0303 e. The van der Waals surface area contributed by atoms with E-state index in [2.05, 4.69) is 6.55 Å². The molecule has 2 aromatic carbocycles. The molecule has 0 saturated heterocycles. The van der Waals surface area contributed by atoms with E-state index in [1.54, 1.807) is 0 Å². The van der Waals surface area contributed by atoms with Crippen LogP contribution >= 0.6 is 11.1 Å². The van der Waals surface area contributed by atoms with Crippen LogP contribution in [0.15, 0.2) is 60.7 Å². The average Bonchev–Trinajstić information content (AvgIpc) is 3.29. The summed E-state index contributed by atoms with van der Waals surface area (Å²) < 4.78 is 0. The van der Waals surface area contributed by atoms with E-state index in [1.807, 2.05) is 60.7 Å². The van der Waals surface area contributed by atoms with E-state index in [-0.39, 0.29) is 28.2 Å². The Labute approximate surface area is 153 Å². The van der Waals surface area contributed by atoms with Crippen molar-refractivity contribution in [2.45, 2.75) is 0 Å². The summed E-state index contributed by atoms with van der Waals surface area (Å²) in [4.78, 5) is 41.4. The van der Waals surface area contributed by atoms with Crippen molar-refractivity contribution >= 4 is 39.1 Å². The monoisotopic (exact) mass is 431 g/mol. The molecule has 0 aromatic heterocycles. The summed E-state index contributed by atoms with van der Waals surface area (Å²) in [5.74, 6) is 0. The molecule has 0 aliphatic rings. The number of carbonyl (C=O) groups excluding carboxylic acids is 4. The zero-order valence-corrected chi connectivity index (χ0v) is 15.7. The second-order valence-electron chi connectivity index (χ2n) is 2.52. The van der Waals surface area contributed by atoms with Crippen LogP contribution < -0.4 is 0 Å². The third-order valence-corrected chi connectivity index (χ3v) is 1.71. The standard InChI is InChI=1S/2C5H5.CH2ClSi.4CO.2Fe/c2*1-2-4-5-3-1;1-3-2;4*1-2;;/h2*1-5H;1H2;;;;;;/q3*-1;;;;;;. The molecule has 0 aliphatic carbocycles. The molecule has 0 bridgehead atoms. The van der Waals surface area contributed by atoms with Crippen molar-refractivity contribution in [1.82, 2.24) is 0 Å². The average molecular weight is 431 g/mol. The van der Waals surface area contributed by atoms with Crippen LogP contribution in [0.5, 0.6) is 0 Å². The Morgan fingerprint density at radius 2 is 0.957 bits per heavy atom. The molecule has 0 fully saturated rings. The van der Waals surface area contributed by atoms with Crippen molar-refractivity contribution in [2.24, 2.45) is 0 Å². The quantitative estimate of drug-likeness (QED) is 0.363. The van der Waals surface area contributed by atoms with E-state index in [9.17, 15) is 0 Å². The van der Waals surface area contributed by atoms with Gasteiger partial charge < -0.3 is 6.55 Å². The van der Waals surface area contributed by atoms with Crippen molar-refractivity contribution in [3.05, 3.63) is 67.2 Å². The van der Waals surface area contributed by atoms with Crippen molar-refractivity contribution in [3.63, 3.8) is 0 Å². The summed E-state index contributed by atoms with van der Waals surface area (Å²) >= 11 is 4.47. The molecule has 4 nitrogen and oxygen atoms in total. The molecule has 0 atom stereocenters. The van der Waals surface area contributed by atoms with Crippen molar-refractivity contribution < 1.29 is 47.3 Å². The van der Waals surface area contributed by atoms with Gasteiger partial charge in [-0.05, 0) is 8.83 Å². The van der Waals surface area contributed by atoms with Gasteiger partial charge >= 0.3 is 66.5 Å². The summed E-state index contributed by atoms with van der Waals surface area (Å²) in [5.41, 5.74) is 0. The Morgan fingerprint density at radius 1 is 0.739 bits per heavy atom. The first-order valence-electron chi connectivity index (χ1n) is 5.40. The van der Waals surface area contributed by atoms with Gasteiger partial charge in [0.15, 0.2) is 0 Å². The first kappa shape index (κ1) is 26.5. The minimum Gasteiger partial charge on any atom is -0.333 e. The molecule has 0 unspecified atom stereocenters. The van der Waals surface area contributed by atoms with E-state index in [4.69, 9.17) is 30.3 Å². The molecule has 8 heteroatoms. The number of hydrogen-bond acceptors (Lipinski definition) is 4. The molecule has 126 valence electrons. The van der Waals surface area contributed by atoms with Gasteiger partial charge in [0.1, 0.15) is 0 Å². The molecule has 0 saturated carbocycles. The molecule has 0 N–H and O–H groups in total. The van der Waals surface area contributed by atoms with Gasteiger partial charge in [-0.1, -0.05) is 0 Å². The summed E-state index contributed by atoms with van der Waals surface area (Å²) in [6, 6.07) is 20.0. The number of hydrogen-bond donors (Lipinski definition) is 0. The summed E-state index contributed by atoms with van der Waals surface area (Å²) in [5, 5.41) is 0.